The molecule has 0 bridgehead atoms. The van der Waals surface area contributed by atoms with E-state index < -0.39 is 5.41 Å². The molecule has 0 aliphatic carbocycles. The summed E-state index contributed by atoms with van der Waals surface area (Å²) in [5, 5.41) is 5.42. The highest BCUT2D eigenvalue weighted by atomic mass is 16.2. The van der Waals surface area contributed by atoms with Gasteiger partial charge in [-0.25, -0.2) is 4.98 Å². The molecule has 0 atom stereocenters. The number of rotatable bonds is 4. The summed E-state index contributed by atoms with van der Waals surface area (Å²) < 4.78 is 0. The van der Waals surface area contributed by atoms with Gasteiger partial charge in [0.25, 0.3) is 0 Å². The van der Waals surface area contributed by atoms with Crippen LogP contribution in [-0.4, -0.2) is 23.3 Å². The van der Waals surface area contributed by atoms with Crippen LogP contribution in [0.5, 0.6) is 0 Å². The van der Waals surface area contributed by atoms with E-state index in [2.05, 4.69) is 15.6 Å². The molecular weight excluding hydrogens is 242 g/mol. The van der Waals surface area contributed by atoms with E-state index in [1.165, 1.54) is 0 Å². The highest BCUT2D eigenvalue weighted by Crippen LogP contribution is 2.12. The van der Waals surface area contributed by atoms with Crippen LogP contribution in [0, 0.1) is 12.3 Å². The molecule has 0 aliphatic heterocycles. The van der Waals surface area contributed by atoms with Gasteiger partial charge in [-0.15, -0.1) is 0 Å². The van der Waals surface area contributed by atoms with E-state index in [1.54, 1.807) is 6.07 Å². The largest absolute Gasteiger partial charge is 0.355 e. The van der Waals surface area contributed by atoms with Crippen molar-refractivity contribution in [3.8, 4) is 0 Å². The lowest BCUT2D eigenvalue weighted by atomic mass is 9.96. The van der Waals surface area contributed by atoms with E-state index >= 15 is 0 Å². The summed E-state index contributed by atoms with van der Waals surface area (Å²) in [6.45, 7) is 7.68. The summed E-state index contributed by atoms with van der Waals surface area (Å²) in [5.41, 5.74) is 0.410. The number of nitrogens with zero attached hydrogens (tertiary/aromatic N) is 1. The molecule has 5 nitrogen and oxygen atoms in total. The number of aromatic nitrogens is 1. The number of carbonyl (C=O) groups is 2. The molecule has 1 aromatic heterocycles. The lowest BCUT2D eigenvalue weighted by Crippen LogP contribution is -2.36. The predicted molar refractivity (Wildman–Crippen MR) is 74.7 cm³/mol. The molecule has 0 radical (unpaired) electrons. The number of pyridine rings is 1. The molecule has 0 unspecified atom stereocenters. The minimum Gasteiger partial charge on any atom is -0.355 e. The van der Waals surface area contributed by atoms with Crippen molar-refractivity contribution >= 4 is 17.6 Å². The number of hydrogen-bond donors (Lipinski definition) is 2. The van der Waals surface area contributed by atoms with Crippen molar-refractivity contribution in [2.24, 2.45) is 5.41 Å². The average molecular weight is 263 g/mol. The highest BCUT2D eigenvalue weighted by molar-refractivity contribution is 5.90. The molecule has 1 heterocycles. The Kier molecular flexibility index (Phi) is 5.03. The smallest absolute Gasteiger partial charge is 0.227 e. The minimum absolute atomic E-state index is 0.0611. The van der Waals surface area contributed by atoms with Gasteiger partial charge in [-0.2, -0.15) is 0 Å². The van der Waals surface area contributed by atoms with Crippen LogP contribution in [0.15, 0.2) is 18.2 Å². The van der Waals surface area contributed by atoms with Crippen LogP contribution in [0.3, 0.4) is 0 Å². The van der Waals surface area contributed by atoms with Gasteiger partial charge in [-0.1, -0.05) is 26.8 Å². The lowest BCUT2D eigenvalue weighted by Gasteiger charge is -2.17. The van der Waals surface area contributed by atoms with Gasteiger partial charge in [-0.05, 0) is 19.1 Å². The van der Waals surface area contributed by atoms with Crippen molar-refractivity contribution in [3.05, 3.63) is 23.9 Å². The Morgan fingerprint density at radius 3 is 2.53 bits per heavy atom. The van der Waals surface area contributed by atoms with E-state index in [-0.39, 0.29) is 18.2 Å². The zero-order chi connectivity index (χ0) is 14.5. The van der Waals surface area contributed by atoms with Gasteiger partial charge in [-0.3, -0.25) is 9.59 Å². The molecule has 2 amide bonds. The van der Waals surface area contributed by atoms with Crippen molar-refractivity contribution in [2.75, 3.05) is 11.9 Å². The molecular formula is C14H21N3O2. The zero-order valence-corrected chi connectivity index (χ0v) is 11.9. The Morgan fingerprint density at radius 1 is 1.26 bits per heavy atom. The molecule has 0 saturated carbocycles. The van der Waals surface area contributed by atoms with E-state index in [4.69, 9.17) is 0 Å². The molecule has 2 N–H and O–H groups in total. The van der Waals surface area contributed by atoms with Crippen LogP contribution < -0.4 is 10.6 Å². The Morgan fingerprint density at radius 2 is 1.95 bits per heavy atom. The van der Waals surface area contributed by atoms with Gasteiger partial charge in [0.1, 0.15) is 5.82 Å². The normalized spacial score (nSPS) is 10.9. The monoisotopic (exact) mass is 263 g/mol. The number of carbonyl (C=O) groups excluding carboxylic acids is 2. The summed E-state index contributed by atoms with van der Waals surface area (Å²) in [6.07, 6.45) is 0.234. The molecule has 104 valence electrons. The molecule has 0 saturated heterocycles. The molecule has 19 heavy (non-hydrogen) atoms. The number of nitrogens with one attached hydrogen (secondary N) is 2. The first-order valence-electron chi connectivity index (χ1n) is 6.31. The first kappa shape index (κ1) is 15.1. The second-order valence-electron chi connectivity index (χ2n) is 5.47. The fraction of sp³-hybridized carbons (Fsp3) is 0.500. The van der Waals surface area contributed by atoms with Gasteiger partial charge in [0.15, 0.2) is 0 Å². The SMILES string of the molecule is Cc1cccc(NC(=O)CCNC(=O)C(C)(C)C)n1. The molecule has 0 spiro atoms. The average Bonchev–Trinajstić information content (AvgIpc) is 2.27. The van der Waals surface area contributed by atoms with E-state index in [9.17, 15) is 9.59 Å². The third kappa shape index (κ3) is 5.50. The summed E-state index contributed by atoms with van der Waals surface area (Å²) in [5.74, 6) is 0.313. The van der Waals surface area contributed by atoms with Crippen molar-refractivity contribution in [2.45, 2.75) is 34.1 Å². The van der Waals surface area contributed by atoms with Crippen LogP contribution in [-0.2, 0) is 9.59 Å². The highest BCUT2D eigenvalue weighted by Gasteiger charge is 2.20. The molecule has 0 fully saturated rings. The maximum absolute atomic E-state index is 11.7. The number of amides is 2. The second kappa shape index (κ2) is 6.31. The molecule has 1 aromatic rings. The summed E-state index contributed by atoms with van der Waals surface area (Å²) in [6, 6.07) is 5.43. The van der Waals surface area contributed by atoms with Crippen LogP contribution >= 0.6 is 0 Å². The van der Waals surface area contributed by atoms with Crippen LogP contribution in [0.2, 0.25) is 0 Å². The van der Waals surface area contributed by atoms with Crippen LogP contribution in [0.25, 0.3) is 0 Å². The van der Waals surface area contributed by atoms with Crippen LogP contribution in [0.1, 0.15) is 32.9 Å². The van der Waals surface area contributed by atoms with Gasteiger partial charge in [0.2, 0.25) is 11.8 Å². The van der Waals surface area contributed by atoms with Gasteiger partial charge < -0.3 is 10.6 Å². The van der Waals surface area contributed by atoms with Gasteiger partial charge >= 0.3 is 0 Å². The maximum Gasteiger partial charge on any atom is 0.227 e. The molecule has 0 aromatic carbocycles. The summed E-state index contributed by atoms with van der Waals surface area (Å²) in [4.78, 5) is 27.4. The predicted octanol–water partition coefficient (Wildman–Crippen LogP) is 1.88. The Labute approximate surface area is 113 Å². The number of aryl methyl sites for hydroxylation is 1. The maximum atomic E-state index is 11.7. The van der Waals surface area contributed by atoms with Crippen molar-refractivity contribution < 1.29 is 9.59 Å². The van der Waals surface area contributed by atoms with Gasteiger partial charge in [0.05, 0.1) is 0 Å². The third-order valence-corrected chi connectivity index (χ3v) is 2.47. The van der Waals surface area contributed by atoms with Gasteiger partial charge in [0, 0.05) is 24.1 Å². The van der Waals surface area contributed by atoms with E-state index in [0.29, 0.717) is 12.4 Å². The van der Waals surface area contributed by atoms with E-state index in [0.717, 1.165) is 5.69 Å². The molecule has 5 heteroatoms. The topological polar surface area (TPSA) is 71.1 Å². The zero-order valence-electron chi connectivity index (χ0n) is 11.9. The lowest BCUT2D eigenvalue weighted by molar-refractivity contribution is -0.128. The second-order valence-corrected chi connectivity index (χ2v) is 5.47. The Hall–Kier alpha value is -1.91. The van der Waals surface area contributed by atoms with Crippen molar-refractivity contribution in [1.29, 1.82) is 0 Å². The molecule has 0 aliphatic rings. The number of hydrogen-bond acceptors (Lipinski definition) is 3. The quantitative estimate of drug-likeness (QED) is 0.871. The fourth-order valence-corrected chi connectivity index (χ4v) is 1.37. The van der Waals surface area contributed by atoms with Crippen molar-refractivity contribution in [1.82, 2.24) is 10.3 Å². The summed E-state index contributed by atoms with van der Waals surface area (Å²) in [7, 11) is 0. The first-order chi connectivity index (χ1) is 8.79. The Bertz CT molecular complexity index is 464. The summed E-state index contributed by atoms with van der Waals surface area (Å²) >= 11 is 0. The fourth-order valence-electron chi connectivity index (χ4n) is 1.37. The van der Waals surface area contributed by atoms with Crippen molar-refractivity contribution in [3.63, 3.8) is 0 Å². The number of anilines is 1. The first-order valence-corrected chi connectivity index (χ1v) is 6.31. The Balaban J connectivity index is 2.35. The van der Waals surface area contributed by atoms with Crippen LogP contribution in [0.4, 0.5) is 5.82 Å². The standard InChI is InChI=1S/C14H21N3O2/c1-10-6-5-7-11(16-10)17-12(18)8-9-15-13(19)14(2,3)4/h5-7H,8-9H2,1-4H3,(H,15,19)(H,16,17,18). The minimum atomic E-state index is -0.436. The molecule has 1 rings (SSSR count). The third-order valence-electron chi connectivity index (χ3n) is 2.47. The van der Waals surface area contributed by atoms with E-state index in [1.807, 2.05) is 39.8 Å².